The number of nitrogens with one attached hydrogen (secondary N) is 1. The largest absolute Gasteiger partial charge is 0.339 e. The fourth-order valence-corrected chi connectivity index (χ4v) is 7.78. The minimum absolute atomic E-state index is 0.0245. The number of piperidine rings is 3. The van der Waals surface area contributed by atoms with Gasteiger partial charge in [-0.2, -0.15) is 0 Å². The fourth-order valence-electron chi connectivity index (χ4n) is 7.78. The molecule has 7 rings (SSSR count). The topological polar surface area (TPSA) is 107 Å². The van der Waals surface area contributed by atoms with Crippen LogP contribution in [0.3, 0.4) is 0 Å². The second-order valence-electron chi connectivity index (χ2n) is 13.1. The highest BCUT2D eigenvalue weighted by Gasteiger charge is 2.45. The molecule has 1 N–H and O–H groups in total. The number of halogens is 1. The first-order valence-corrected chi connectivity index (χ1v) is 16.5. The number of nitrogens with zero attached hydrogens (tertiary/aromatic N) is 3. The molecule has 4 aliphatic heterocycles. The highest BCUT2D eigenvalue weighted by molar-refractivity contribution is 6.25. The van der Waals surface area contributed by atoms with E-state index >= 15 is 0 Å². The van der Waals surface area contributed by atoms with Gasteiger partial charge in [-0.15, -0.1) is 0 Å². The van der Waals surface area contributed by atoms with Crippen molar-refractivity contribution < 1.29 is 28.4 Å². The Balaban J connectivity index is 0.964. The molecule has 0 aromatic heterocycles. The summed E-state index contributed by atoms with van der Waals surface area (Å²) in [5.41, 5.74) is 3.71. The third kappa shape index (κ3) is 6.10. The average molecular weight is 637 g/mol. The molecule has 3 fully saturated rings. The fraction of sp³-hybridized carbons (Fsp3) is 0.378. The number of rotatable bonds is 6. The van der Waals surface area contributed by atoms with Crippen molar-refractivity contribution in [2.45, 2.75) is 51.1 Å². The van der Waals surface area contributed by atoms with Crippen molar-refractivity contribution in [3.8, 4) is 11.1 Å². The Hall–Kier alpha value is -4.70. The van der Waals surface area contributed by atoms with Crippen molar-refractivity contribution in [1.29, 1.82) is 0 Å². The van der Waals surface area contributed by atoms with Gasteiger partial charge in [0.15, 0.2) is 0 Å². The summed E-state index contributed by atoms with van der Waals surface area (Å²) >= 11 is 0. The number of amides is 5. The maximum atomic E-state index is 13.6. The van der Waals surface area contributed by atoms with Crippen LogP contribution >= 0.6 is 0 Å². The molecular formula is C37H37FN4O5. The summed E-state index contributed by atoms with van der Waals surface area (Å²) in [6.07, 6.45) is 4.39. The van der Waals surface area contributed by atoms with Gasteiger partial charge in [-0.05, 0) is 110 Å². The summed E-state index contributed by atoms with van der Waals surface area (Å²) in [5, 5.41) is 2.25. The lowest BCUT2D eigenvalue weighted by atomic mass is 9.78. The van der Waals surface area contributed by atoms with Gasteiger partial charge in [-0.3, -0.25) is 39.1 Å². The lowest BCUT2D eigenvalue weighted by Crippen LogP contribution is -2.54. The quantitative estimate of drug-likeness (QED) is 0.395. The molecule has 5 amide bonds. The highest BCUT2D eigenvalue weighted by atomic mass is 19.1. The average Bonchev–Trinajstić information content (AvgIpc) is 3.34. The van der Waals surface area contributed by atoms with Crippen LogP contribution in [-0.4, -0.2) is 76.5 Å². The van der Waals surface area contributed by atoms with Crippen LogP contribution in [0.25, 0.3) is 11.1 Å². The van der Waals surface area contributed by atoms with Crippen LogP contribution in [0, 0.1) is 17.7 Å². The number of fused-ring (bicyclic) bond motifs is 1. The summed E-state index contributed by atoms with van der Waals surface area (Å²) in [5.74, 6) is -1.18. The van der Waals surface area contributed by atoms with Crippen molar-refractivity contribution in [3.05, 3.63) is 94.8 Å². The Morgan fingerprint density at radius 1 is 0.766 bits per heavy atom. The van der Waals surface area contributed by atoms with E-state index in [1.54, 1.807) is 24.3 Å². The molecule has 0 radical (unpaired) electrons. The van der Waals surface area contributed by atoms with E-state index in [-0.39, 0.29) is 30.1 Å². The van der Waals surface area contributed by atoms with E-state index in [9.17, 15) is 28.4 Å². The maximum absolute atomic E-state index is 13.6. The van der Waals surface area contributed by atoms with Crippen LogP contribution in [0.4, 0.5) is 4.39 Å². The zero-order valence-electron chi connectivity index (χ0n) is 26.1. The molecule has 3 aromatic rings. The Bertz CT molecular complexity index is 1740. The van der Waals surface area contributed by atoms with Crippen LogP contribution in [0.1, 0.15) is 75.2 Å². The molecule has 3 saturated heterocycles. The zero-order chi connectivity index (χ0) is 32.7. The van der Waals surface area contributed by atoms with E-state index in [0.29, 0.717) is 28.5 Å². The van der Waals surface area contributed by atoms with Gasteiger partial charge < -0.3 is 4.90 Å². The van der Waals surface area contributed by atoms with Crippen LogP contribution in [0.5, 0.6) is 0 Å². The minimum Gasteiger partial charge on any atom is -0.339 e. The van der Waals surface area contributed by atoms with Crippen LogP contribution in [0.2, 0.25) is 0 Å². The molecule has 1 atom stereocenters. The molecule has 9 nitrogen and oxygen atoms in total. The van der Waals surface area contributed by atoms with Crippen molar-refractivity contribution in [3.63, 3.8) is 0 Å². The predicted octanol–water partition coefficient (Wildman–Crippen LogP) is 4.66. The predicted molar refractivity (Wildman–Crippen MR) is 172 cm³/mol. The smallest absolute Gasteiger partial charge is 0.262 e. The molecule has 0 saturated carbocycles. The van der Waals surface area contributed by atoms with Crippen molar-refractivity contribution in [2.75, 3.05) is 26.2 Å². The van der Waals surface area contributed by atoms with Gasteiger partial charge in [0.2, 0.25) is 11.8 Å². The monoisotopic (exact) mass is 636 g/mol. The van der Waals surface area contributed by atoms with Gasteiger partial charge in [-0.25, -0.2) is 4.39 Å². The third-order valence-corrected chi connectivity index (χ3v) is 10.3. The Morgan fingerprint density at radius 3 is 2.13 bits per heavy atom. The number of imide groups is 2. The Morgan fingerprint density at radius 2 is 1.43 bits per heavy atom. The maximum Gasteiger partial charge on any atom is 0.262 e. The summed E-state index contributed by atoms with van der Waals surface area (Å²) in [6, 6.07) is 18.0. The Labute approximate surface area is 272 Å². The second kappa shape index (κ2) is 12.8. The second-order valence-corrected chi connectivity index (χ2v) is 13.1. The first-order chi connectivity index (χ1) is 22.8. The summed E-state index contributed by atoms with van der Waals surface area (Å²) in [7, 11) is 0. The van der Waals surface area contributed by atoms with E-state index in [4.69, 9.17) is 0 Å². The SMILES string of the molecule is O=C1CCC(N2C(=O)c3cccc(-c4cccc(CN5CCC(C6CCN(C(=O)c7ccc(F)cc7)CC6)CC5)c4)c3C2=O)C(=O)N1. The molecule has 0 spiro atoms. The van der Waals surface area contributed by atoms with E-state index in [1.165, 1.54) is 12.1 Å². The van der Waals surface area contributed by atoms with Crippen molar-refractivity contribution in [2.24, 2.45) is 11.8 Å². The van der Waals surface area contributed by atoms with E-state index < -0.39 is 29.7 Å². The van der Waals surface area contributed by atoms with E-state index in [0.717, 1.165) is 74.4 Å². The van der Waals surface area contributed by atoms with Crippen molar-refractivity contribution >= 4 is 29.5 Å². The number of hydrogen-bond acceptors (Lipinski definition) is 6. The normalized spacial score (nSPS) is 21.3. The molecule has 47 heavy (non-hydrogen) atoms. The molecule has 3 aromatic carbocycles. The van der Waals surface area contributed by atoms with Gasteiger partial charge in [0.25, 0.3) is 17.7 Å². The number of carbonyl (C=O) groups excluding carboxylic acids is 5. The number of benzene rings is 3. The van der Waals surface area contributed by atoms with Gasteiger partial charge in [0.1, 0.15) is 11.9 Å². The number of carbonyl (C=O) groups is 5. The van der Waals surface area contributed by atoms with Gasteiger partial charge in [0.05, 0.1) is 11.1 Å². The van der Waals surface area contributed by atoms with Gasteiger partial charge >= 0.3 is 0 Å². The molecule has 0 bridgehead atoms. The lowest BCUT2D eigenvalue weighted by molar-refractivity contribution is -0.136. The molecule has 4 aliphatic rings. The van der Waals surface area contributed by atoms with Crippen LogP contribution < -0.4 is 5.32 Å². The number of likely N-dealkylation sites (tertiary alicyclic amines) is 2. The van der Waals surface area contributed by atoms with Crippen LogP contribution in [-0.2, 0) is 16.1 Å². The lowest BCUT2D eigenvalue weighted by Gasteiger charge is -2.40. The molecule has 0 aliphatic carbocycles. The molecule has 4 heterocycles. The molecule has 242 valence electrons. The molecular weight excluding hydrogens is 599 g/mol. The van der Waals surface area contributed by atoms with Crippen LogP contribution in [0.15, 0.2) is 66.7 Å². The van der Waals surface area contributed by atoms with E-state index in [1.807, 2.05) is 23.1 Å². The zero-order valence-corrected chi connectivity index (χ0v) is 26.1. The summed E-state index contributed by atoms with van der Waals surface area (Å²) in [6.45, 7) is 4.21. The van der Waals surface area contributed by atoms with Crippen molar-refractivity contribution in [1.82, 2.24) is 20.0 Å². The number of hydrogen-bond donors (Lipinski definition) is 1. The third-order valence-electron chi connectivity index (χ3n) is 10.3. The van der Waals surface area contributed by atoms with Gasteiger partial charge in [0, 0.05) is 31.6 Å². The summed E-state index contributed by atoms with van der Waals surface area (Å²) in [4.78, 5) is 69.3. The molecule has 10 heteroatoms. The van der Waals surface area contributed by atoms with Gasteiger partial charge in [-0.1, -0.05) is 30.3 Å². The highest BCUT2D eigenvalue weighted by Crippen LogP contribution is 2.36. The first-order valence-electron chi connectivity index (χ1n) is 16.5. The Kier molecular flexibility index (Phi) is 8.44. The molecule has 1 unspecified atom stereocenters. The minimum atomic E-state index is -1.00. The standard InChI is InChI=1S/C37H37FN4O5/c38-28-9-7-26(8-10-28)35(45)41-19-15-25(16-20-41)24-13-17-40(18-14-24)22-23-3-1-4-27(21-23)29-5-2-6-30-33(29)37(47)42(36(30)46)31-11-12-32(43)39-34(31)44/h1-10,21,24-25,31H,11-20,22H2,(H,39,43,44). The first kappa shape index (κ1) is 30.9. The summed E-state index contributed by atoms with van der Waals surface area (Å²) < 4.78 is 13.3. The van der Waals surface area contributed by atoms with E-state index in [2.05, 4.69) is 22.3 Å².